The summed E-state index contributed by atoms with van der Waals surface area (Å²) in [4.78, 5) is 23.0. The smallest absolute Gasteiger partial charge is 0.344 e. The van der Waals surface area contributed by atoms with E-state index in [1.807, 2.05) is 0 Å². The van der Waals surface area contributed by atoms with Crippen molar-refractivity contribution in [3.8, 4) is 23.0 Å². The van der Waals surface area contributed by atoms with E-state index in [0.717, 1.165) is 0 Å². The van der Waals surface area contributed by atoms with Gasteiger partial charge in [0.15, 0.2) is 35.7 Å². The molecule has 2 aromatic rings. The molecule has 0 saturated heterocycles. The molecule has 2 N–H and O–H groups in total. The SMILES string of the molecule is COc1ccccc1OCC(=O)N/N=C/c1cccc(OC)c1O[C@H](C)C(=O)O. The number of nitrogens with zero attached hydrogens (tertiary/aromatic N) is 1. The van der Waals surface area contributed by atoms with E-state index < -0.39 is 18.0 Å². The van der Waals surface area contributed by atoms with Crippen LogP contribution in [0.1, 0.15) is 12.5 Å². The topological polar surface area (TPSA) is 116 Å². The van der Waals surface area contributed by atoms with Crippen LogP contribution in [-0.4, -0.2) is 50.1 Å². The molecule has 0 aromatic heterocycles. The number of ether oxygens (including phenoxy) is 4. The number of carbonyl (C=O) groups is 2. The Kier molecular flexibility index (Phi) is 7.84. The van der Waals surface area contributed by atoms with Gasteiger partial charge in [-0.3, -0.25) is 4.79 Å². The Labute approximate surface area is 167 Å². The number of rotatable bonds is 10. The van der Waals surface area contributed by atoms with Crippen molar-refractivity contribution in [2.45, 2.75) is 13.0 Å². The molecule has 0 saturated carbocycles. The fourth-order valence-electron chi connectivity index (χ4n) is 2.24. The number of hydrogen-bond donors (Lipinski definition) is 2. The minimum absolute atomic E-state index is 0.202. The van der Waals surface area contributed by atoms with E-state index >= 15 is 0 Å². The van der Waals surface area contributed by atoms with Gasteiger partial charge < -0.3 is 24.1 Å². The number of hydrazone groups is 1. The fraction of sp³-hybridized carbons (Fsp3) is 0.250. The number of carbonyl (C=O) groups excluding carboxylic acids is 1. The lowest BCUT2D eigenvalue weighted by molar-refractivity contribution is -0.144. The minimum atomic E-state index is -1.12. The first-order valence-electron chi connectivity index (χ1n) is 8.60. The summed E-state index contributed by atoms with van der Waals surface area (Å²) in [7, 11) is 2.94. The van der Waals surface area contributed by atoms with Gasteiger partial charge in [-0.2, -0.15) is 5.10 Å². The number of carboxylic acids is 1. The van der Waals surface area contributed by atoms with Crippen LogP contribution in [0.5, 0.6) is 23.0 Å². The van der Waals surface area contributed by atoms with Gasteiger partial charge in [-0.25, -0.2) is 10.2 Å². The Morgan fingerprint density at radius 3 is 2.38 bits per heavy atom. The lowest BCUT2D eigenvalue weighted by Gasteiger charge is -2.15. The fourth-order valence-corrected chi connectivity index (χ4v) is 2.24. The highest BCUT2D eigenvalue weighted by molar-refractivity contribution is 5.87. The highest BCUT2D eigenvalue weighted by atomic mass is 16.5. The van der Waals surface area contributed by atoms with Crippen LogP contribution in [0.25, 0.3) is 0 Å². The third-order valence-corrected chi connectivity index (χ3v) is 3.69. The van der Waals surface area contributed by atoms with E-state index in [4.69, 9.17) is 24.1 Å². The second-order valence-electron chi connectivity index (χ2n) is 5.71. The van der Waals surface area contributed by atoms with Gasteiger partial charge in [-0.05, 0) is 31.2 Å². The molecule has 29 heavy (non-hydrogen) atoms. The molecular formula is C20H22N2O7. The largest absolute Gasteiger partial charge is 0.493 e. The number of methoxy groups -OCH3 is 2. The molecule has 0 bridgehead atoms. The molecule has 9 nitrogen and oxygen atoms in total. The van der Waals surface area contributed by atoms with Crippen molar-refractivity contribution < 1.29 is 33.6 Å². The summed E-state index contributed by atoms with van der Waals surface area (Å²) in [6.07, 6.45) is 0.232. The molecule has 0 fully saturated rings. The van der Waals surface area contributed by atoms with Crippen LogP contribution in [-0.2, 0) is 9.59 Å². The highest BCUT2D eigenvalue weighted by Crippen LogP contribution is 2.31. The Morgan fingerprint density at radius 1 is 1.07 bits per heavy atom. The molecule has 1 atom stereocenters. The third-order valence-electron chi connectivity index (χ3n) is 3.69. The third kappa shape index (κ3) is 6.13. The first-order valence-corrected chi connectivity index (χ1v) is 8.60. The van der Waals surface area contributed by atoms with Crippen molar-refractivity contribution in [1.29, 1.82) is 0 Å². The number of para-hydroxylation sites is 3. The average Bonchev–Trinajstić information content (AvgIpc) is 2.73. The van der Waals surface area contributed by atoms with E-state index in [0.29, 0.717) is 22.8 Å². The summed E-state index contributed by atoms with van der Waals surface area (Å²) < 4.78 is 21.2. The molecule has 1 amide bonds. The summed E-state index contributed by atoms with van der Waals surface area (Å²) in [6, 6.07) is 11.9. The van der Waals surface area contributed by atoms with Gasteiger partial charge in [0.1, 0.15) is 0 Å². The normalized spacial score (nSPS) is 11.6. The first-order chi connectivity index (χ1) is 14.0. The molecule has 0 aliphatic rings. The van der Waals surface area contributed by atoms with Crippen molar-refractivity contribution in [2.75, 3.05) is 20.8 Å². The molecule has 0 unspecified atom stereocenters. The van der Waals surface area contributed by atoms with Gasteiger partial charge in [0.25, 0.3) is 5.91 Å². The van der Waals surface area contributed by atoms with Crippen molar-refractivity contribution in [3.05, 3.63) is 48.0 Å². The molecular weight excluding hydrogens is 380 g/mol. The molecule has 0 aliphatic heterocycles. The van der Waals surface area contributed by atoms with E-state index in [-0.39, 0.29) is 12.4 Å². The zero-order chi connectivity index (χ0) is 21.2. The van der Waals surface area contributed by atoms with Crippen molar-refractivity contribution in [2.24, 2.45) is 5.10 Å². The van der Waals surface area contributed by atoms with E-state index in [1.165, 1.54) is 27.4 Å². The van der Waals surface area contributed by atoms with Crippen LogP contribution in [0.3, 0.4) is 0 Å². The summed E-state index contributed by atoms with van der Waals surface area (Å²) in [5.41, 5.74) is 2.77. The van der Waals surface area contributed by atoms with Crippen LogP contribution < -0.4 is 24.4 Å². The summed E-state index contributed by atoms with van der Waals surface area (Å²) in [6.45, 7) is 1.13. The number of benzene rings is 2. The lowest BCUT2D eigenvalue weighted by atomic mass is 10.2. The number of carboxylic acid groups (broad SMARTS) is 1. The van der Waals surface area contributed by atoms with Crippen molar-refractivity contribution in [3.63, 3.8) is 0 Å². The minimum Gasteiger partial charge on any atom is -0.493 e. The molecule has 0 heterocycles. The van der Waals surface area contributed by atoms with Crippen LogP contribution in [0.4, 0.5) is 0 Å². The number of hydrogen-bond acceptors (Lipinski definition) is 7. The summed E-state index contributed by atoms with van der Waals surface area (Å²) >= 11 is 0. The molecule has 2 rings (SSSR count). The molecule has 0 spiro atoms. The van der Waals surface area contributed by atoms with E-state index in [2.05, 4.69) is 10.5 Å². The first kappa shape index (κ1) is 21.5. The number of aliphatic carboxylic acids is 1. The van der Waals surface area contributed by atoms with Gasteiger partial charge >= 0.3 is 5.97 Å². The monoisotopic (exact) mass is 402 g/mol. The highest BCUT2D eigenvalue weighted by Gasteiger charge is 2.18. The second kappa shape index (κ2) is 10.5. The van der Waals surface area contributed by atoms with Crippen molar-refractivity contribution in [1.82, 2.24) is 5.43 Å². The number of amides is 1. The van der Waals surface area contributed by atoms with Crippen molar-refractivity contribution >= 4 is 18.1 Å². The molecule has 0 radical (unpaired) electrons. The Hall–Kier alpha value is -3.75. The maximum Gasteiger partial charge on any atom is 0.344 e. The quantitative estimate of drug-likeness (QED) is 0.462. The predicted octanol–water partition coefficient (Wildman–Crippen LogP) is 2.08. The van der Waals surface area contributed by atoms with Crippen LogP contribution in [0.2, 0.25) is 0 Å². The Bertz CT molecular complexity index is 883. The summed E-state index contributed by atoms with van der Waals surface area (Å²) in [5.74, 6) is -0.132. The predicted molar refractivity (Wildman–Crippen MR) is 105 cm³/mol. The van der Waals surface area contributed by atoms with Crippen LogP contribution >= 0.6 is 0 Å². The Balaban J connectivity index is 2.02. The standard InChI is InChI=1S/C20H22N2O7/c1-13(20(24)25)29-19-14(7-6-10-17(19)27-3)11-21-22-18(23)12-28-16-9-5-4-8-15(16)26-2/h4-11,13H,12H2,1-3H3,(H,22,23)(H,24,25)/b21-11+/t13-/m1/s1. The average molecular weight is 402 g/mol. The maximum atomic E-state index is 12.0. The number of nitrogens with one attached hydrogen (secondary N) is 1. The van der Waals surface area contributed by atoms with Gasteiger partial charge in [-0.1, -0.05) is 18.2 Å². The van der Waals surface area contributed by atoms with Gasteiger partial charge in [0.2, 0.25) is 0 Å². The van der Waals surface area contributed by atoms with Gasteiger partial charge in [0, 0.05) is 5.56 Å². The van der Waals surface area contributed by atoms with Gasteiger partial charge in [0.05, 0.1) is 20.4 Å². The molecule has 9 heteroatoms. The van der Waals surface area contributed by atoms with Gasteiger partial charge in [-0.15, -0.1) is 0 Å². The second-order valence-corrected chi connectivity index (χ2v) is 5.71. The van der Waals surface area contributed by atoms with E-state index in [1.54, 1.807) is 42.5 Å². The summed E-state index contributed by atoms with van der Waals surface area (Å²) in [5, 5.41) is 12.9. The zero-order valence-corrected chi connectivity index (χ0v) is 16.2. The molecule has 154 valence electrons. The Morgan fingerprint density at radius 2 is 1.72 bits per heavy atom. The lowest BCUT2D eigenvalue weighted by Crippen LogP contribution is -2.25. The zero-order valence-electron chi connectivity index (χ0n) is 16.2. The molecule has 2 aromatic carbocycles. The molecule has 0 aliphatic carbocycles. The maximum absolute atomic E-state index is 12.0. The van der Waals surface area contributed by atoms with Crippen LogP contribution in [0, 0.1) is 0 Å². The van der Waals surface area contributed by atoms with E-state index in [9.17, 15) is 9.59 Å². The van der Waals surface area contributed by atoms with Crippen LogP contribution in [0.15, 0.2) is 47.6 Å².